The highest BCUT2D eigenvalue weighted by Crippen LogP contribution is 2.33. The van der Waals surface area contributed by atoms with Gasteiger partial charge in [-0.05, 0) is 31.9 Å². The minimum absolute atomic E-state index is 0.0270. The largest absolute Gasteiger partial charge is 0.381 e. The van der Waals surface area contributed by atoms with Gasteiger partial charge < -0.3 is 15.1 Å². The summed E-state index contributed by atoms with van der Waals surface area (Å²) < 4.78 is 34.3. The van der Waals surface area contributed by atoms with Crippen molar-refractivity contribution in [2.45, 2.75) is 38.8 Å². The summed E-state index contributed by atoms with van der Waals surface area (Å²) in [5.74, 6) is 6.01. The Balaban J connectivity index is 1.91. The molecule has 2 aromatic heterocycles. The third-order valence-corrected chi connectivity index (χ3v) is 5.14. The van der Waals surface area contributed by atoms with Gasteiger partial charge >= 0.3 is 0 Å². The van der Waals surface area contributed by atoms with E-state index in [0.29, 0.717) is 41.9 Å². The second kappa shape index (κ2) is 8.20. The third kappa shape index (κ3) is 3.82. The summed E-state index contributed by atoms with van der Waals surface area (Å²) in [7, 11) is 0. The molecule has 0 unspecified atom stereocenters. The molecule has 0 spiro atoms. The van der Waals surface area contributed by atoms with Crippen molar-refractivity contribution in [1.82, 2.24) is 14.5 Å². The predicted octanol–water partition coefficient (Wildman–Crippen LogP) is 3.78. The number of ether oxygens (including phenoxy) is 1. The van der Waals surface area contributed by atoms with E-state index in [2.05, 4.69) is 19.6 Å². The number of nitrogens with two attached hydrogens (primary N) is 1. The molecule has 3 heterocycles. The number of hydrogen-bond donors (Lipinski definition) is 1. The minimum Gasteiger partial charge on any atom is -0.381 e. The topological polar surface area (TPSA) is 90.7 Å². The molecule has 29 heavy (non-hydrogen) atoms. The lowest BCUT2D eigenvalue weighted by atomic mass is 10.1. The van der Waals surface area contributed by atoms with Gasteiger partial charge in [0.25, 0.3) is 6.43 Å². The fraction of sp³-hybridized carbons (Fsp3) is 0.400. The number of rotatable bonds is 5. The molecule has 0 atom stereocenters. The third-order valence-electron chi connectivity index (χ3n) is 5.14. The number of halogens is 2. The first-order valence-electron chi connectivity index (χ1n) is 9.48. The van der Waals surface area contributed by atoms with Crippen LogP contribution in [-0.2, 0) is 11.3 Å². The molecule has 0 amide bonds. The molecule has 4 rings (SSSR count). The summed E-state index contributed by atoms with van der Waals surface area (Å²) in [4.78, 5) is 13.5. The van der Waals surface area contributed by atoms with Crippen LogP contribution >= 0.6 is 0 Å². The molecule has 0 radical (unpaired) electrons. The Morgan fingerprint density at radius 3 is 2.86 bits per heavy atom. The normalized spacial score (nSPS) is 16.6. The molecule has 3 aromatic rings. The fourth-order valence-corrected chi connectivity index (χ4v) is 3.72. The lowest BCUT2D eigenvalue weighted by Gasteiger charge is -2.26. The number of hydrazone groups is 1. The fourth-order valence-electron chi connectivity index (χ4n) is 3.72. The van der Waals surface area contributed by atoms with Gasteiger partial charge in [0.1, 0.15) is 11.3 Å². The molecule has 0 aliphatic carbocycles. The Bertz CT molecular complexity index is 1090. The van der Waals surface area contributed by atoms with Crippen molar-refractivity contribution >= 4 is 33.9 Å². The van der Waals surface area contributed by atoms with E-state index in [1.54, 1.807) is 25.4 Å². The van der Waals surface area contributed by atoms with Crippen LogP contribution in [0.1, 0.15) is 43.6 Å². The zero-order chi connectivity index (χ0) is 20.4. The van der Waals surface area contributed by atoms with Gasteiger partial charge in [-0.15, -0.1) is 0 Å². The Morgan fingerprint density at radius 2 is 2.14 bits per heavy atom. The zero-order valence-corrected chi connectivity index (χ0v) is 16.1. The SMILES string of the molecule is CC(C=NCc1nc2cnc3ccc(C(F)F)cc3c2n1C1CCOCC1)=NN. The van der Waals surface area contributed by atoms with Crippen LogP contribution < -0.4 is 5.84 Å². The van der Waals surface area contributed by atoms with E-state index in [9.17, 15) is 8.78 Å². The van der Waals surface area contributed by atoms with Crippen molar-refractivity contribution in [2.24, 2.45) is 15.9 Å². The molecule has 0 saturated carbocycles. The average molecular weight is 400 g/mol. The van der Waals surface area contributed by atoms with Gasteiger partial charge in [-0.2, -0.15) is 5.10 Å². The number of aromatic nitrogens is 3. The van der Waals surface area contributed by atoms with Gasteiger partial charge in [-0.3, -0.25) is 9.98 Å². The summed E-state index contributed by atoms with van der Waals surface area (Å²) in [6.07, 6.45) is 2.39. The first kappa shape index (κ1) is 19.4. The summed E-state index contributed by atoms with van der Waals surface area (Å²) in [6, 6.07) is 4.73. The highest BCUT2D eigenvalue weighted by molar-refractivity contribution is 6.29. The molecular formula is C20H22F2N6O. The zero-order valence-electron chi connectivity index (χ0n) is 16.1. The van der Waals surface area contributed by atoms with Gasteiger partial charge in [0.05, 0.1) is 29.5 Å². The van der Waals surface area contributed by atoms with Crippen molar-refractivity contribution in [3.63, 3.8) is 0 Å². The summed E-state index contributed by atoms with van der Waals surface area (Å²) >= 11 is 0. The van der Waals surface area contributed by atoms with Crippen LogP contribution in [0, 0.1) is 0 Å². The van der Waals surface area contributed by atoms with Crippen LogP contribution in [0.2, 0.25) is 0 Å². The van der Waals surface area contributed by atoms with Crippen LogP contribution in [0.5, 0.6) is 0 Å². The molecule has 2 N–H and O–H groups in total. The van der Waals surface area contributed by atoms with Gasteiger partial charge in [-0.1, -0.05) is 6.07 Å². The van der Waals surface area contributed by atoms with E-state index < -0.39 is 6.43 Å². The van der Waals surface area contributed by atoms with Crippen LogP contribution in [0.25, 0.3) is 21.9 Å². The number of hydrogen-bond acceptors (Lipinski definition) is 6. The first-order chi connectivity index (χ1) is 14.1. The van der Waals surface area contributed by atoms with Crippen molar-refractivity contribution < 1.29 is 13.5 Å². The number of fused-ring (bicyclic) bond motifs is 3. The van der Waals surface area contributed by atoms with Gasteiger partial charge in [0.2, 0.25) is 0 Å². The maximum Gasteiger partial charge on any atom is 0.263 e. The van der Waals surface area contributed by atoms with Gasteiger partial charge in [0, 0.05) is 36.4 Å². The molecule has 152 valence electrons. The lowest BCUT2D eigenvalue weighted by Crippen LogP contribution is -2.21. The van der Waals surface area contributed by atoms with E-state index in [1.807, 2.05) is 0 Å². The first-order valence-corrected chi connectivity index (χ1v) is 9.48. The van der Waals surface area contributed by atoms with Crippen molar-refractivity contribution in [3.05, 3.63) is 35.8 Å². The Morgan fingerprint density at radius 1 is 1.34 bits per heavy atom. The van der Waals surface area contributed by atoms with Crippen LogP contribution in [0.3, 0.4) is 0 Å². The van der Waals surface area contributed by atoms with E-state index in [-0.39, 0.29) is 11.6 Å². The van der Waals surface area contributed by atoms with Crippen molar-refractivity contribution in [3.8, 4) is 0 Å². The Hall–Kier alpha value is -2.94. The number of pyridine rings is 1. The van der Waals surface area contributed by atoms with E-state index >= 15 is 0 Å². The highest BCUT2D eigenvalue weighted by atomic mass is 19.3. The number of alkyl halides is 2. The molecule has 9 heteroatoms. The molecule has 1 aliphatic heterocycles. The van der Waals surface area contributed by atoms with E-state index in [4.69, 9.17) is 15.6 Å². The molecule has 1 saturated heterocycles. The highest BCUT2D eigenvalue weighted by Gasteiger charge is 2.23. The smallest absolute Gasteiger partial charge is 0.263 e. The quantitative estimate of drug-likeness (QED) is 0.401. The molecule has 1 aliphatic rings. The lowest BCUT2D eigenvalue weighted by molar-refractivity contribution is 0.0699. The van der Waals surface area contributed by atoms with Crippen LogP contribution in [-0.4, -0.2) is 39.7 Å². The summed E-state index contributed by atoms with van der Waals surface area (Å²) in [6.45, 7) is 3.39. The number of aliphatic imine (C=N–C) groups is 1. The molecule has 1 fully saturated rings. The molecule has 0 bridgehead atoms. The monoisotopic (exact) mass is 400 g/mol. The van der Waals surface area contributed by atoms with Gasteiger partial charge in [-0.25, -0.2) is 13.8 Å². The Kier molecular flexibility index (Phi) is 5.48. The van der Waals surface area contributed by atoms with Crippen molar-refractivity contribution in [1.29, 1.82) is 0 Å². The van der Waals surface area contributed by atoms with Crippen LogP contribution in [0.4, 0.5) is 8.78 Å². The van der Waals surface area contributed by atoms with Crippen LogP contribution in [0.15, 0.2) is 34.5 Å². The second-order valence-corrected chi connectivity index (χ2v) is 7.05. The average Bonchev–Trinajstić information content (AvgIpc) is 3.12. The van der Waals surface area contributed by atoms with E-state index in [1.165, 1.54) is 12.1 Å². The van der Waals surface area contributed by atoms with Crippen molar-refractivity contribution in [2.75, 3.05) is 13.2 Å². The maximum atomic E-state index is 13.3. The minimum atomic E-state index is -2.54. The predicted molar refractivity (Wildman–Crippen MR) is 109 cm³/mol. The summed E-state index contributed by atoms with van der Waals surface area (Å²) in [5.41, 5.74) is 2.73. The molecule has 7 nitrogen and oxygen atoms in total. The number of nitrogens with zero attached hydrogens (tertiary/aromatic N) is 5. The second-order valence-electron chi connectivity index (χ2n) is 7.05. The molecule has 1 aromatic carbocycles. The number of benzene rings is 1. The summed E-state index contributed by atoms with van der Waals surface area (Å²) in [5, 5.41) is 4.26. The van der Waals surface area contributed by atoms with E-state index in [0.717, 1.165) is 24.2 Å². The Labute approximate surface area is 166 Å². The van der Waals surface area contributed by atoms with Gasteiger partial charge in [0.15, 0.2) is 0 Å². The number of imidazole rings is 1. The molecular weight excluding hydrogens is 378 g/mol. The maximum absolute atomic E-state index is 13.3. The standard InChI is InChI=1S/C20H22F2N6O/c1-12(27-23)9-24-11-18-26-17-10-25-16-3-2-13(20(21)22)8-15(16)19(17)28(18)14-4-6-29-7-5-14/h2-3,8-10,14,20H,4-7,11,23H2,1H3.